The molecule has 1 aromatic carbocycles. The largest absolute Gasteiger partial charge is 0.478 e. The molecule has 0 saturated heterocycles. The Bertz CT molecular complexity index is 718. The summed E-state index contributed by atoms with van der Waals surface area (Å²) >= 11 is 5.80. The number of benzene rings is 1. The van der Waals surface area contributed by atoms with Gasteiger partial charge in [-0.3, -0.25) is 10.1 Å². The molecule has 7 nitrogen and oxygen atoms in total. The first-order valence-corrected chi connectivity index (χ1v) is 5.86. The van der Waals surface area contributed by atoms with Crippen LogP contribution in [0.5, 0.6) is 0 Å². The molecule has 0 saturated carbocycles. The van der Waals surface area contributed by atoms with Gasteiger partial charge in [-0.25, -0.2) is 14.2 Å². The number of hydrogen-bond acceptors (Lipinski definition) is 5. The number of pyridine rings is 1. The first-order valence-electron chi connectivity index (χ1n) is 5.49. The van der Waals surface area contributed by atoms with Gasteiger partial charge in [0.05, 0.1) is 21.2 Å². The standard InChI is InChI=1S/C12H7ClFN3O4/c13-7-2-1-3-8(14)10(7)16-11-9(17(20)21)4-6(5-15-11)12(18)19/h1-5H,(H,15,16)(H,18,19). The lowest BCUT2D eigenvalue weighted by molar-refractivity contribution is -0.384. The third kappa shape index (κ3) is 3.06. The van der Waals surface area contributed by atoms with E-state index >= 15 is 0 Å². The minimum atomic E-state index is -1.36. The van der Waals surface area contributed by atoms with Crippen molar-refractivity contribution in [1.29, 1.82) is 0 Å². The lowest BCUT2D eigenvalue weighted by Crippen LogP contribution is -2.05. The summed E-state index contributed by atoms with van der Waals surface area (Å²) in [6.45, 7) is 0. The molecular weight excluding hydrogens is 305 g/mol. The molecule has 0 atom stereocenters. The molecule has 1 aromatic heterocycles. The highest BCUT2D eigenvalue weighted by Crippen LogP contribution is 2.31. The van der Waals surface area contributed by atoms with E-state index < -0.39 is 22.4 Å². The Balaban J connectivity index is 2.49. The highest BCUT2D eigenvalue weighted by Gasteiger charge is 2.20. The average Bonchev–Trinajstić information content (AvgIpc) is 2.42. The van der Waals surface area contributed by atoms with E-state index in [4.69, 9.17) is 16.7 Å². The van der Waals surface area contributed by atoms with Crippen LogP contribution in [0.1, 0.15) is 10.4 Å². The SMILES string of the molecule is O=C(O)c1cnc(Nc2c(F)cccc2Cl)c([N+](=O)[O-])c1. The number of carboxylic acid groups (broad SMARTS) is 1. The molecule has 9 heteroatoms. The monoisotopic (exact) mass is 311 g/mol. The molecule has 0 bridgehead atoms. The zero-order chi connectivity index (χ0) is 15.6. The van der Waals surface area contributed by atoms with Crippen molar-refractivity contribution < 1.29 is 19.2 Å². The molecule has 0 aliphatic rings. The van der Waals surface area contributed by atoms with Crippen molar-refractivity contribution in [2.24, 2.45) is 0 Å². The van der Waals surface area contributed by atoms with Crippen LogP contribution in [0.25, 0.3) is 0 Å². The summed E-state index contributed by atoms with van der Waals surface area (Å²) in [7, 11) is 0. The maximum atomic E-state index is 13.6. The van der Waals surface area contributed by atoms with Gasteiger partial charge in [-0.05, 0) is 12.1 Å². The fraction of sp³-hybridized carbons (Fsp3) is 0. The molecule has 0 spiro atoms. The Morgan fingerprint density at radius 3 is 2.76 bits per heavy atom. The van der Waals surface area contributed by atoms with Crippen molar-refractivity contribution in [3.05, 3.63) is 57.0 Å². The Hall–Kier alpha value is -2.74. The van der Waals surface area contributed by atoms with E-state index in [1.54, 1.807) is 0 Å². The van der Waals surface area contributed by atoms with Crippen LogP contribution in [0.4, 0.5) is 21.6 Å². The van der Waals surface area contributed by atoms with Gasteiger partial charge in [0.2, 0.25) is 5.82 Å². The van der Waals surface area contributed by atoms with Crippen LogP contribution < -0.4 is 5.32 Å². The molecular formula is C12H7ClFN3O4. The summed E-state index contributed by atoms with van der Waals surface area (Å²) in [5, 5.41) is 22.2. The van der Waals surface area contributed by atoms with Crippen molar-refractivity contribution in [2.75, 3.05) is 5.32 Å². The topological polar surface area (TPSA) is 105 Å². The number of aromatic carboxylic acids is 1. The second-order valence-electron chi connectivity index (χ2n) is 3.88. The van der Waals surface area contributed by atoms with Gasteiger partial charge in [0.15, 0.2) is 0 Å². The van der Waals surface area contributed by atoms with Gasteiger partial charge in [-0.1, -0.05) is 17.7 Å². The van der Waals surface area contributed by atoms with E-state index in [1.807, 2.05) is 0 Å². The number of para-hydroxylation sites is 1. The molecule has 1 heterocycles. The molecule has 0 radical (unpaired) electrons. The van der Waals surface area contributed by atoms with E-state index in [1.165, 1.54) is 12.1 Å². The van der Waals surface area contributed by atoms with Gasteiger partial charge in [0.1, 0.15) is 5.82 Å². The number of nitro groups is 1. The normalized spacial score (nSPS) is 10.2. The molecule has 0 amide bonds. The fourth-order valence-corrected chi connectivity index (χ4v) is 1.75. The molecule has 0 unspecified atom stereocenters. The maximum Gasteiger partial charge on any atom is 0.337 e. The number of hydrogen-bond donors (Lipinski definition) is 2. The first kappa shape index (κ1) is 14.7. The predicted octanol–water partition coefficient (Wildman–Crippen LogP) is 3.22. The Morgan fingerprint density at radius 2 is 2.19 bits per heavy atom. The van der Waals surface area contributed by atoms with Crippen LogP contribution in [-0.2, 0) is 0 Å². The number of rotatable bonds is 4. The summed E-state index contributed by atoms with van der Waals surface area (Å²) in [5.74, 6) is -2.39. The van der Waals surface area contributed by atoms with Crippen molar-refractivity contribution in [1.82, 2.24) is 4.98 Å². The van der Waals surface area contributed by atoms with E-state index in [9.17, 15) is 19.3 Å². The molecule has 2 N–H and O–H groups in total. The highest BCUT2D eigenvalue weighted by atomic mass is 35.5. The van der Waals surface area contributed by atoms with Crippen LogP contribution in [0.15, 0.2) is 30.5 Å². The number of nitrogens with one attached hydrogen (secondary N) is 1. The zero-order valence-electron chi connectivity index (χ0n) is 10.2. The number of aromatic nitrogens is 1. The molecule has 0 aliphatic carbocycles. The van der Waals surface area contributed by atoms with E-state index in [2.05, 4.69) is 10.3 Å². The molecule has 21 heavy (non-hydrogen) atoms. The number of anilines is 2. The molecule has 2 rings (SSSR count). The van der Waals surface area contributed by atoms with Gasteiger partial charge in [0.25, 0.3) is 0 Å². The lowest BCUT2D eigenvalue weighted by Gasteiger charge is -2.09. The smallest absolute Gasteiger partial charge is 0.337 e. The number of halogens is 2. The Labute approximate surface area is 122 Å². The zero-order valence-corrected chi connectivity index (χ0v) is 11.0. The van der Waals surface area contributed by atoms with Gasteiger partial charge < -0.3 is 10.4 Å². The maximum absolute atomic E-state index is 13.6. The van der Waals surface area contributed by atoms with Crippen molar-refractivity contribution in [3.63, 3.8) is 0 Å². The molecule has 2 aromatic rings. The number of carboxylic acids is 1. The molecule has 0 aliphatic heterocycles. The van der Waals surface area contributed by atoms with E-state index in [-0.39, 0.29) is 22.1 Å². The quantitative estimate of drug-likeness (QED) is 0.663. The summed E-state index contributed by atoms with van der Waals surface area (Å²) in [5.41, 5.74) is -1.14. The summed E-state index contributed by atoms with van der Waals surface area (Å²) in [4.78, 5) is 24.6. The summed E-state index contributed by atoms with van der Waals surface area (Å²) < 4.78 is 13.6. The fourth-order valence-electron chi connectivity index (χ4n) is 1.54. The van der Waals surface area contributed by atoms with Gasteiger partial charge in [-0.15, -0.1) is 0 Å². The lowest BCUT2D eigenvalue weighted by atomic mass is 10.2. The number of nitrogens with zero attached hydrogens (tertiary/aromatic N) is 2. The van der Waals surface area contributed by atoms with Gasteiger partial charge >= 0.3 is 11.7 Å². The van der Waals surface area contributed by atoms with E-state index in [0.717, 1.165) is 18.3 Å². The van der Waals surface area contributed by atoms with E-state index in [0.29, 0.717) is 0 Å². The van der Waals surface area contributed by atoms with Crippen LogP contribution in [0, 0.1) is 15.9 Å². The minimum absolute atomic E-state index is 0.00779. The van der Waals surface area contributed by atoms with Crippen LogP contribution in [-0.4, -0.2) is 21.0 Å². The predicted molar refractivity (Wildman–Crippen MR) is 72.5 cm³/mol. The summed E-state index contributed by atoms with van der Waals surface area (Å²) in [6.07, 6.45) is 0.923. The van der Waals surface area contributed by atoms with Crippen molar-refractivity contribution in [3.8, 4) is 0 Å². The summed E-state index contributed by atoms with van der Waals surface area (Å²) in [6, 6.07) is 4.71. The third-order valence-electron chi connectivity index (χ3n) is 2.52. The number of carbonyl (C=O) groups is 1. The van der Waals surface area contributed by atoms with Crippen LogP contribution in [0.2, 0.25) is 5.02 Å². The molecule has 0 fully saturated rings. The Morgan fingerprint density at radius 1 is 1.48 bits per heavy atom. The second-order valence-corrected chi connectivity index (χ2v) is 4.28. The Kier molecular flexibility index (Phi) is 3.99. The van der Waals surface area contributed by atoms with Gasteiger partial charge in [-0.2, -0.15) is 0 Å². The van der Waals surface area contributed by atoms with Crippen LogP contribution >= 0.6 is 11.6 Å². The molecule has 108 valence electrons. The second kappa shape index (κ2) is 5.71. The third-order valence-corrected chi connectivity index (χ3v) is 2.83. The van der Waals surface area contributed by atoms with Crippen molar-refractivity contribution >= 4 is 34.8 Å². The van der Waals surface area contributed by atoms with Crippen molar-refractivity contribution in [2.45, 2.75) is 0 Å². The minimum Gasteiger partial charge on any atom is -0.478 e. The van der Waals surface area contributed by atoms with Gasteiger partial charge in [0, 0.05) is 12.3 Å². The average molecular weight is 312 g/mol. The first-order chi connectivity index (χ1) is 9.90. The van der Waals surface area contributed by atoms with Crippen LogP contribution in [0.3, 0.4) is 0 Å². The highest BCUT2D eigenvalue weighted by molar-refractivity contribution is 6.33.